The minimum Gasteiger partial charge on any atom is -0.392 e. The molecule has 0 aliphatic heterocycles. The van der Waals surface area contributed by atoms with Crippen LogP contribution < -0.4 is 5.32 Å². The van der Waals surface area contributed by atoms with Crippen LogP contribution in [0, 0.1) is 0 Å². The minimum atomic E-state index is -0.489. The molecule has 0 fully saturated rings. The molecule has 0 bridgehead atoms. The average molecular weight is 286 g/mol. The lowest BCUT2D eigenvalue weighted by atomic mass is 10.1. The Kier molecular flexibility index (Phi) is 5.49. The van der Waals surface area contributed by atoms with Gasteiger partial charge in [-0.05, 0) is 31.0 Å². The van der Waals surface area contributed by atoms with E-state index in [0.29, 0.717) is 13.0 Å². The second-order valence-corrected chi connectivity index (χ2v) is 4.70. The summed E-state index contributed by atoms with van der Waals surface area (Å²) in [7, 11) is 0. The molecule has 0 heterocycles. The number of hydrogen-bond donors (Lipinski definition) is 2. The summed E-state index contributed by atoms with van der Waals surface area (Å²) in [6.45, 7) is 1.97. The van der Waals surface area contributed by atoms with Gasteiger partial charge in [0.2, 0.25) is 5.91 Å². The highest BCUT2D eigenvalue weighted by Crippen LogP contribution is 2.11. The summed E-state index contributed by atoms with van der Waals surface area (Å²) in [6.07, 6.45) is 0.685. The van der Waals surface area contributed by atoms with E-state index in [4.69, 9.17) is 5.11 Å². The molecule has 1 aromatic carbocycles. The van der Waals surface area contributed by atoms with Crippen molar-refractivity contribution in [1.82, 2.24) is 5.32 Å². The van der Waals surface area contributed by atoms with E-state index in [2.05, 4.69) is 21.2 Å². The van der Waals surface area contributed by atoms with Gasteiger partial charge in [0, 0.05) is 17.4 Å². The fourth-order valence-corrected chi connectivity index (χ4v) is 1.52. The summed E-state index contributed by atoms with van der Waals surface area (Å²) in [5.74, 6) is -0.0242. The first kappa shape index (κ1) is 13.2. The maximum Gasteiger partial charge on any atom is 0.220 e. The fraction of sp³-hybridized carbons (Fsp3) is 0.417. The van der Waals surface area contributed by atoms with Crippen molar-refractivity contribution in [1.29, 1.82) is 0 Å². The van der Waals surface area contributed by atoms with Crippen LogP contribution in [0.3, 0.4) is 0 Å². The molecule has 0 aliphatic carbocycles. The van der Waals surface area contributed by atoms with Gasteiger partial charge in [-0.3, -0.25) is 4.79 Å². The second-order valence-electron chi connectivity index (χ2n) is 3.78. The van der Waals surface area contributed by atoms with Crippen LogP contribution in [0.1, 0.15) is 18.9 Å². The van der Waals surface area contributed by atoms with Gasteiger partial charge in [0.25, 0.3) is 0 Å². The van der Waals surface area contributed by atoms with Gasteiger partial charge in [-0.15, -0.1) is 0 Å². The van der Waals surface area contributed by atoms with Crippen molar-refractivity contribution < 1.29 is 9.90 Å². The van der Waals surface area contributed by atoms with E-state index in [1.165, 1.54) is 0 Å². The van der Waals surface area contributed by atoms with E-state index in [-0.39, 0.29) is 5.91 Å². The molecule has 0 spiro atoms. The zero-order valence-electron chi connectivity index (χ0n) is 9.24. The third kappa shape index (κ3) is 5.28. The number of amides is 1. The maximum atomic E-state index is 11.4. The van der Waals surface area contributed by atoms with Crippen LogP contribution in [0.4, 0.5) is 0 Å². The van der Waals surface area contributed by atoms with Crippen molar-refractivity contribution in [3.63, 3.8) is 0 Å². The number of hydrogen-bond acceptors (Lipinski definition) is 2. The summed E-state index contributed by atoms with van der Waals surface area (Å²) in [5.41, 5.74) is 1.13. The van der Waals surface area contributed by atoms with Gasteiger partial charge >= 0.3 is 0 Å². The van der Waals surface area contributed by atoms with Gasteiger partial charge < -0.3 is 10.4 Å². The quantitative estimate of drug-likeness (QED) is 0.868. The Balaban J connectivity index is 2.29. The molecule has 1 rings (SSSR count). The third-order valence-corrected chi connectivity index (χ3v) is 2.68. The van der Waals surface area contributed by atoms with Crippen LogP contribution in [0.15, 0.2) is 28.7 Å². The van der Waals surface area contributed by atoms with E-state index in [0.717, 1.165) is 16.5 Å². The predicted molar refractivity (Wildman–Crippen MR) is 67.2 cm³/mol. The number of aliphatic hydroxyl groups is 1. The van der Waals surface area contributed by atoms with Crippen LogP contribution in [-0.4, -0.2) is 23.7 Å². The molecule has 1 aromatic rings. The summed E-state index contributed by atoms with van der Waals surface area (Å²) >= 11 is 3.36. The van der Waals surface area contributed by atoms with E-state index in [9.17, 15) is 4.79 Å². The van der Waals surface area contributed by atoms with Crippen molar-refractivity contribution >= 4 is 21.8 Å². The largest absolute Gasteiger partial charge is 0.392 e. The minimum absolute atomic E-state index is 0.0242. The Bertz CT molecular complexity index is 335. The Morgan fingerprint density at radius 3 is 2.62 bits per heavy atom. The zero-order chi connectivity index (χ0) is 12.0. The molecule has 1 unspecified atom stereocenters. The fourth-order valence-electron chi connectivity index (χ4n) is 1.26. The first-order valence-corrected chi connectivity index (χ1v) is 6.06. The predicted octanol–water partition coefficient (Wildman–Crippen LogP) is 1.88. The monoisotopic (exact) mass is 285 g/mol. The lowest BCUT2D eigenvalue weighted by Gasteiger charge is -2.07. The molecule has 0 aromatic heterocycles. The SMILES string of the molecule is CC(O)CNC(=O)CCc1ccc(Br)cc1. The summed E-state index contributed by atoms with van der Waals surface area (Å²) in [5, 5.41) is 11.7. The van der Waals surface area contributed by atoms with Gasteiger partial charge in [0.15, 0.2) is 0 Å². The molecule has 88 valence electrons. The lowest BCUT2D eigenvalue weighted by molar-refractivity contribution is -0.121. The van der Waals surface area contributed by atoms with Crippen LogP contribution >= 0.6 is 15.9 Å². The van der Waals surface area contributed by atoms with E-state index in [1.54, 1.807) is 6.92 Å². The standard InChI is InChI=1S/C12H16BrNO2/c1-9(15)8-14-12(16)7-4-10-2-5-11(13)6-3-10/h2-3,5-6,9,15H,4,7-8H2,1H3,(H,14,16). The highest BCUT2D eigenvalue weighted by molar-refractivity contribution is 9.10. The Labute approximate surface area is 104 Å². The molecule has 1 amide bonds. The number of rotatable bonds is 5. The highest BCUT2D eigenvalue weighted by Gasteiger charge is 2.03. The molecule has 16 heavy (non-hydrogen) atoms. The van der Waals surface area contributed by atoms with Crippen molar-refractivity contribution in [2.24, 2.45) is 0 Å². The van der Waals surface area contributed by atoms with Crippen molar-refractivity contribution in [3.8, 4) is 0 Å². The zero-order valence-corrected chi connectivity index (χ0v) is 10.8. The first-order chi connectivity index (χ1) is 7.58. The van der Waals surface area contributed by atoms with Gasteiger partial charge in [-0.1, -0.05) is 28.1 Å². The maximum absolute atomic E-state index is 11.4. The summed E-state index contributed by atoms with van der Waals surface area (Å²) < 4.78 is 1.04. The molecule has 3 nitrogen and oxygen atoms in total. The molecule has 1 atom stereocenters. The van der Waals surface area contributed by atoms with E-state index >= 15 is 0 Å². The van der Waals surface area contributed by atoms with Crippen molar-refractivity contribution in [2.75, 3.05) is 6.54 Å². The molecule has 4 heteroatoms. The van der Waals surface area contributed by atoms with Crippen LogP contribution in [-0.2, 0) is 11.2 Å². The molecular formula is C12H16BrNO2. The normalized spacial score (nSPS) is 12.2. The van der Waals surface area contributed by atoms with E-state index < -0.39 is 6.10 Å². The first-order valence-electron chi connectivity index (χ1n) is 5.27. The van der Waals surface area contributed by atoms with Crippen LogP contribution in [0.2, 0.25) is 0 Å². The number of carbonyl (C=O) groups is 1. The van der Waals surface area contributed by atoms with Crippen LogP contribution in [0.25, 0.3) is 0 Å². The molecule has 2 N–H and O–H groups in total. The number of carbonyl (C=O) groups excluding carboxylic acids is 1. The number of aryl methyl sites for hydroxylation is 1. The van der Waals surface area contributed by atoms with Gasteiger partial charge in [0.05, 0.1) is 6.10 Å². The van der Waals surface area contributed by atoms with E-state index in [1.807, 2.05) is 24.3 Å². The molecule has 0 aliphatic rings. The van der Waals surface area contributed by atoms with Gasteiger partial charge in [-0.25, -0.2) is 0 Å². The molecule has 0 saturated heterocycles. The average Bonchev–Trinajstić information content (AvgIpc) is 2.25. The number of aliphatic hydroxyl groups excluding tert-OH is 1. The smallest absolute Gasteiger partial charge is 0.220 e. The molecule has 0 radical (unpaired) electrons. The third-order valence-electron chi connectivity index (χ3n) is 2.15. The number of benzene rings is 1. The Morgan fingerprint density at radius 2 is 2.06 bits per heavy atom. The van der Waals surface area contributed by atoms with Crippen molar-refractivity contribution in [2.45, 2.75) is 25.9 Å². The summed E-state index contributed by atoms with van der Waals surface area (Å²) in [6, 6.07) is 7.91. The lowest BCUT2D eigenvalue weighted by Crippen LogP contribution is -2.30. The van der Waals surface area contributed by atoms with Crippen molar-refractivity contribution in [3.05, 3.63) is 34.3 Å². The van der Waals surface area contributed by atoms with Crippen LogP contribution in [0.5, 0.6) is 0 Å². The highest BCUT2D eigenvalue weighted by atomic mass is 79.9. The number of halogens is 1. The molecular weight excluding hydrogens is 270 g/mol. The second kappa shape index (κ2) is 6.66. The summed E-state index contributed by atoms with van der Waals surface area (Å²) in [4.78, 5) is 11.4. The topological polar surface area (TPSA) is 49.3 Å². The van der Waals surface area contributed by atoms with Gasteiger partial charge in [0.1, 0.15) is 0 Å². The molecule has 0 saturated carbocycles. The number of nitrogens with one attached hydrogen (secondary N) is 1. The Hall–Kier alpha value is -0.870. The van der Waals surface area contributed by atoms with Gasteiger partial charge in [-0.2, -0.15) is 0 Å². The Morgan fingerprint density at radius 1 is 1.44 bits per heavy atom.